The Morgan fingerprint density at radius 3 is 2.70 bits per heavy atom. The van der Waals surface area contributed by atoms with Crippen molar-refractivity contribution in [2.24, 2.45) is 11.8 Å². The van der Waals surface area contributed by atoms with Crippen molar-refractivity contribution in [3.8, 4) is 0 Å². The van der Waals surface area contributed by atoms with E-state index in [1.54, 1.807) is 0 Å². The minimum Gasteiger partial charge on any atom is -0.351 e. The van der Waals surface area contributed by atoms with Gasteiger partial charge in [0.25, 0.3) is 0 Å². The van der Waals surface area contributed by atoms with Gasteiger partial charge in [0, 0.05) is 18.7 Å². The molecule has 0 unspecified atom stereocenters. The maximum atomic E-state index is 14.1. The van der Waals surface area contributed by atoms with Crippen molar-refractivity contribution < 1.29 is 8.78 Å². The SMILES string of the molecule is NNc1nc(N2CCC[C@H]3CCCC[C@H]32)c(F)cc1F. The molecule has 0 radical (unpaired) electrons. The van der Waals surface area contributed by atoms with Crippen LogP contribution >= 0.6 is 0 Å². The molecule has 2 aliphatic rings. The highest BCUT2D eigenvalue weighted by atomic mass is 19.1. The smallest absolute Gasteiger partial charge is 0.178 e. The number of hydrogen-bond acceptors (Lipinski definition) is 4. The number of nitrogens with two attached hydrogens (primary N) is 1. The molecule has 3 N–H and O–H groups in total. The van der Waals surface area contributed by atoms with E-state index in [0.29, 0.717) is 12.0 Å². The fourth-order valence-corrected chi connectivity index (χ4v) is 3.65. The summed E-state index contributed by atoms with van der Waals surface area (Å²) in [5.41, 5.74) is 2.19. The largest absolute Gasteiger partial charge is 0.351 e. The Balaban J connectivity index is 1.94. The molecule has 4 nitrogen and oxygen atoms in total. The first-order valence-corrected chi connectivity index (χ1v) is 7.30. The predicted octanol–water partition coefficient (Wildman–Crippen LogP) is 2.80. The molecule has 0 spiro atoms. The van der Waals surface area contributed by atoms with E-state index in [4.69, 9.17) is 5.84 Å². The fourth-order valence-electron chi connectivity index (χ4n) is 3.65. The second kappa shape index (κ2) is 5.52. The lowest BCUT2D eigenvalue weighted by Gasteiger charge is -2.44. The molecule has 0 bridgehead atoms. The van der Waals surface area contributed by atoms with Gasteiger partial charge in [-0.05, 0) is 31.6 Å². The van der Waals surface area contributed by atoms with Gasteiger partial charge in [-0.25, -0.2) is 19.6 Å². The zero-order valence-electron chi connectivity index (χ0n) is 11.4. The van der Waals surface area contributed by atoms with Gasteiger partial charge in [-0.15, -0.1) is 0 Å². The van der Waals surface area contributed by atoms with Crippen LogP contribution in [0.3, 0.4) is 0 Å². The highest BCUT2D eigenvalue weighted by Gasteiger charge is 2.35. The zero-order chi connectivity index (χ0) is 14.1. The lowest BCUT2D eigenvalue weighted by molar-refractivity contribution is 0.241. The van der Waals surface area contributed by atoms with E-state index in [2.05, 4.69) is 10.4 Å². The molecule has 3 rings (SSSR count). The fraction of sp³-hybridized carbons (Fsp3) is 0.643. The summed E-state index contributed by atoms with van der Waals surface area (Å²) in [6, 6.07) is 1.19. The number of piperidine rings is 1. The number of anilines is 2. The third-order valence-electron chi connectivity index (χ3n) is 4.56. The number of halogens is 2. The van der Waals surface area contributed by atoms with Crippen molar-refractivity contribution in [3.05, 3.63) is 17.7 Å². The second-order valence-electron chi connectivity index (χ2n) is 5.72. The number of nitrogens with one attached hydrogen (secondary N) is 1. The minimum absolute atomic E-state index is 0.0978. The molecule has 0 aromatic carbocycles. The Hall–Kier alpha value is -1.43. The molecular formula is C14H20F2N4. The van der Waals surface area contributed by atoms with Crippen LogP contribution in [0.25, 0.3) is 0 Å². The van der Waals surface area contributed by atoms with Gasteiger partial charge in [-0.3, -0.25) is 0 Å². The first-order chi connectivity index (χ1) is 9.70. The molecule has 20 heavy (non-hydrogen) atoms. The van der Waals surface area contributed by atoms with Gasteiger partial charge in [-0.1, -0.05) is 12.8 Å². The van der Waals surface area contributed by atoms with E-state index in [1.807, 2.05) is 4.90 Å². The van der Waals surface area contributed by atoms with Crippen molar-refractivity contribution in [1.29, 1.82) is 0 Å². The summed E-state index contributed by atoms with van der Waals surface area (Å²) < 4.78 is 27.6. The molecule has 2 atom stereocenters. The number of nitrogens with zero attached hydrogens (tertiary/aromatic N) is 2. The molecule has 1 aliphatic carbocycles. The summed E-state index contributed by atoms with van der Waals surface area (Å²) in [7, 11) is 0. The summed E-state index contributed by atoms with van der Waals surface area (Å²) in [6.45, 7) is 0.779. The lowest BCUT2D eigenvalue weighted by atomic mass is 9.78. The van der Waals surface area contributed by atoms with Crippen LogP contribution in [0, 0.1) is 17.6 Å². The Labute approximate surface area is 117 Å². The molecule has 0 amide bonds. The Morgan fingerprint density at radius 2 is 1.90 bits per heavy atom. The summed E-state index contributed by atoms with van der Waals surface area (Å²) in [5.74, 6) is 4.62. The Kier molecular flexibility index (Phi) is 3.74. The van der Waals surface area contributed by atoms with Crippen molar-refractivity contribution in [2.75, 3.05) is 16.9 Å². The van der Waals surface area contributed by atoms with Crippen molar-refractivity contribution in [3.63, 3.8) is 0 Å². The van der Waals surface area contributed by atoms with Crippen LogP contribution in [-0.4, -0.2) is 17.6 Å². The van der Waals surface area contributed by atoms with Crippen LogP contribution in [0.4, 0.5) is 20.4 Å². The van der Waals surface area contributed by atoms with Gasteiger partial charge >= 0.3 is 0 Å². The molecular weight excluding hydrogens is 262 g/mol. The van der Waals surface area contributed by atoms with Crippen LogP contribution in [0.2, 0.25) is 0 Å². The van der Waals surface area contributed by atoms with E-state index >= 15 is 0 Å². The minimum atomic E-state index is -0.758. The first kappa shape index (κ1) is 13.5. The quantitative estimate of drug-likeness (QED) is 0.647. The van der Waals surface area contributed by atoms with E-state index in [0.717, 1.165) is 25.5 Å². The second-order valence-corrected chi connectivity index (χ2v) is 5.72. The van der Waals surface area contributed by atoms with Gasteiger partial charge in [0.15, 0.2) is 23.3 Å². The highest BCUT2D eigenvalue weighted by molar-refractivity contribution is 5.50. The summed E-state index contributed by atoms with van der Waals surface area (Å²) in [4.78, 5) is 6.06. The molecule has 1 aliphatic heterocycles. The number of pyridine rings is 1. The molecule has 1 saturated carbocycles. The highest BCUT2D eigenvalue weighted by Crippen LogP contribution is 2.38. The summed E-state index contributed by atoms with van der Waals surface area (Å²) in [6.07, 6.45) is 6.92. The van der Waals surface area contributed by atoms with Crippen LogP contribution in [-0.2, 0) is 0 Å². The van der Waals surface area contributed by atoms with Crippen molar-refractivity contribution in [2.45, 2.75) is 44.6 Å². The summed E-state index contributed by atoms with van der Waals surface area (Å²) in [5, 5.41) is 0. The number of rotatable bonds is 2. The topological polar surface area (TPSA) is 54.2 Å². The number of fused-ring (bicyclic) bond motifs is 1. The number of hydrogen-bond donors (Lipinski definition) is 2. The van der Waals surface area contributed by atoms with Gasteiger partial charge in [0.2, 0.25) is 0 Å². The van der Waals surface area contributed by atoms with E-state index in [-0.39, 0.29) is 11.6 Å². The lowest BCUT2D eigenvalue weighted by Crippen LogP contribution is -2.47. The predicted molar refractivity (Wildman–Crippen MR) is 74.3 cm³/mol. The number of aromatic nitrogens is 1. The molecule has 1 aromatic heterocycles. The molecule has 6 heteroatoms. The maximum absolute atomic E-state index is 14.1. The molecule has 110 valence electrons. The maximum Gasteiger partial charge on any atom is 0.178 e. The molecule has 2 fully saturated rings. The molecule has 2 heterocycles. The average Bonchev–Trinajstić information content (AvgIpc) is 2.47. The number of nitrogen functional groups attached to an aromatic ring is 1. The van der Waals surface area contributed by atoms with E-state index < -0.39 is 11.6 Å². The Morgan fingerprint density at radius 1 is 1.15 bits per heavy atom. The summed E-state index contributed by atoms with van der Waals surface area (Å²) >= 11 is 0. The number of hydrazine groups is 1. The average molecular weight is 282 g/mol. The van der Waals surface area contributed by atoms with Gasteiger partial charge in [-0.2, -0.15) is 0 Å². The van der Waals surface area contributed by atoms with Gasteiger partial charge in [0.1, 0.15) is 0 Å². The molecule has 1 aromatic rings. The Bertz CT molecular complexity index is 492. The van der Waals surface area contributed by atoms with Crippen molar-refractivity contribution >= 4 is 11.6 Å². The van der Waals surface area contributed by atoms with E-state index in [9.17, 15) is 8.78 Å². The standard InChI is InChI=1S/C14H20F2N4/c15-10-8-11(16)14(18-13(10)19-17)20-7-3-5-9-4-1-2-6-12(9)20/h8-9,12H,1-7,17H2,(H,18,19)/t9-,12-/m1/s1. The monoisotopic (exact) mass is 282 g/mol. The van der Waals surface area contributed by atoms with Gasteiger partial charge < -0.3 is 10.3 Å². The van der Waals surface area contributed by atoms with Crippen molar-refractivity contribution in [1.82, 2.24) is 4.98 Å². The van der Waals surface area contributed by atoms with Crippen LogP contribution < -0.4 is 16.2 Å². The normalized spacial score (nSPS) is 26.2. The van der Waals surface area contributed by atoms with Gasteiger partial charge in [0.05, 0.1) is 0 Å². The van der Waals surface area contributed by atoms with Crippen LogP contribution in [0.5, 0.6) is 0 Å². The third kappa shape index (κ3) is 2.32. The van der Waals surface area contributed by atoms with Crippen LogP contribution in [0.1, 0.15) is 38.5 Å². The first-order valence-electron chi connectivity index (χ1n) is 7.30. The zero-order valence-corrected chi connectivity index (χ0v) is 11.4. The van der Waals surface area contributed by atoms with E-state index in [1.165, 1.54) is 25.7 Å². The third-order valence-corrected chi connectivity index (χ3v) is 4.56. The van der Waals surface area contributed by atoms with Crippen LogP contribution in [0.15, 0.2) is 6.07 Å². The molecule has 1 saturated heterocycles.